The summed E-state index contributed by atoms with van der Waals surface area (Å²) >= 11 is 0. The monoisotopic (exact) mass is 352 g/mol. The van der Waals surface area contributed by atoms with Crippen molar-refractivity contribution >= 4 is 28.4 Å². The van der Waals surface area contributed by atoms with Crippen LogP contribution in [0.3, 0.4) is 0 Å². The van der Waals surface area contributed by atoms with Gasteiger partial charge in [-0.1, -0.05) is 5.16 Å². The van der Waals surface area contributed by atoms with Crippen molar-refractivity contribution in [1.29, 1.82) is 0 Å². The highest BCUT2D eigenvalue weighted by Gasteiger charge is 2.29. The molecule has 3 N–H and O–H groups in total. The predicted octanol–water partition coefficient (Wildman–Crippen LogP) is 2.97. The zero-order valence-corrected chi connectivity index (χ0v) is 14.0. The number of benzene rings is 1. The van der Waals surface area contributed by atoms with Crippen molar-refractivity contribution in [2.45, 2.75) is 25.7 Å². The van der Waals surface area contributed by atoms with Gasteiger partial charge in [0.1, 0.15) is 0 Å². The number of aryl methyl sites for hydroxylation is 1. The van der Waals surface area contributed by atoms with Crippen molar-refractivity contribution in [3.63, 3.8) is 0 Å². The van der Waals surface area contributed by atoms with E-state index in [2.05, 4.69) is 15.5 Å². The summed E-state index contributed by atoms with van der Waals surface area (Å²) in [7, 11) is 0. The number of aromatic nitrogens is 2. The number of nitrogens with zero attached hydrogens (tertiary/aromatic N) is 2. The zero-order chi connectivity index (χ0) is 17.8. The van der Waals surface area contributed by atoms with Crippen molar-refractivity contribution in [3.8, 4) is 11.5 Å². The number of hydrogen-bond acceptors (Lipinski definition) is 7. The summed E-state index contributed by atoms with van der Waals surface area (Å²) in [6.45, 7) is 1.93. The SMILES string of the molecule is Cc1noc2nc(C3CC3)cc(C(=O)Nc3cc4c(cc3N)OCO4)c12. The average molecular weight is 352 g/mol. The van der Waals surface area contributed by atoms with Crippen molar-refractivity contribution in [2.24, 2.45) is 0 Å². The number of anilines is 2. The van der Waals surface area contributed by atoms with Crippen LogP contribution in [0.5, 0.6) is 11.5 Å². The first-order chi connectivity index (χ1) is 12.6. The second-order valence-corrected chi connectivity index (χ2v) is 6.56. The van der Waals surface area contributed by atoms with E-state index in [0.717, 1.165) is 18.5 Å². The number of pyridine rings is 1. The third-order valence-electron chi connectivity index (χ3n) is 4.67. The Hall–Kier alpha value is -3.29. The summed E-state index contributed by atoms with van der Waals surface area (Å²) in [5.41, 5.74) is 9.25. The van der Waals surface area contributed by atoms with Crippen LogP contribution in [0.4, 0.5) is 11.4 Å². The van der Waals surface area contributed by atoms with Crippen molar-refractivity contribution < 1.29 is 18.8 Å². The highest BCUT2D eigenvalue weighted by atomic mass is 16.7. The van der Waals surface area contributed by atoms with Gasteiger partial charge in [0.15, 0.2) is 11.5 Å². The molecule has 8 heteroatoms. The lowest BCUT2D eigenvalue weighted by Crippen LogP contribution is -2.14. The van der Waals surface area contributed by atoms with Crippen LogP contribution in [0.25, 0.3) is 11.1 Å². The van der Waals surface area contributed by atoms with E-state index in [-0.39, 0.29) is 12.7 Å². The van der Waals surface area contributed by atoms with Crippen LogP contribution in [0.1, 0.15) is 40.5 Å². The number of hydrogen-bond donors (Lipinski definition) is 2. The molecular formula is C18H16N4O4. The molecule has 1 aliphatic carbocycles. The molecule has 0 atom stereocenters. The summed E-state index contributed by atoms with van der Waals surface area (Å²) in [4.78, 5) is 17.5. The quantitative estimate of drug-likeness (QED) is 0.697. The number of rotatable bonds is 3. The zero-order valence-electron chi connectivity index (χ0n) is 14.0. The molecule has 1 fully saturated rings. The van der Waals surface area contributed by atoms with Gasteiger partial charge >= 0.3 is 0 Å². The fourth-order valence-corrected chi connectivity index (χ4v) is 3.14. The fourth-order valence-electron chi connectivity index (χ4n) is 3.14. The molecule has 0 unspecified atom stereocenters. The Bertz CT molecular complexity index is 1060. The van der Waals surface area contributed by atoms with Gasteiger partial charge in [0.25, 0.3) is 11.6 Å². The van der Waals surface area contributed by atoms with E-state index in [4.69, 9.17) is 19.7 Å². The summed E-state index contributed by atoms with van der Waals surface area (Å²) in [6, 6.07) is 5.12. The summed E-state index contributed by atoms with van der Waals surface area (Å²) in [5, 5.41) is 7.42. The van der Waals surface area contributed by atoms with Crippen LogP contribution < -0.4 is 20.5 Å². The van der Waals surface area contributed by atoms with Crippen LogP contribution in [0.15, 0.2) is 22.7 Å². The normalized spacial score (nSPS) is 15.4. The van der Waals surface area contributed by atoms with E-state index in [0.29, 0.717) is 51.1 Å². The largest absolute Gasteiger partial charge is 0.454 e. The first-order valence-corrected chi connectivity index (χ1v) is 8.37. The number of nitrogen functional groups attached to an aromatic ring is 1. The van der Waals surface area contributed by atoms with Crippen LogP contribution in [-0.2, 0) is 0 Å². The van der Waals surface area contributed by atoms with Crippen molar-refractivity contribution in [3.05, 3.63) is 35.2 Å². The Balaban J connectivity index is 1.55. The maximum absolute atomic E-state index is 13.0. The van der Waals surface area contributed by atoms with Gasteiger partial charge in [-0.15, -0.1) is 0 Å². The molecule has 0 saturated heterocycles. The lowest BCUT2D eigenvalue weighted by atomic mass is 10.1. The van der Waals surface area contributed by atoms with Crippen LogP contribution in [0, 0.1) is 6.92 Å². The minimum absolute atomic E-state index is 0.141. The molecule has 26 heavy (non-hydrogen) atoms. The Kier molecular flexibility index (Phi) is 3.09. The Morgan fingerprint density at radius 1 is 1.23 bits per heavy atom. The Morgan fingerprint density at radius 2 is 2.00 bits per heavy atom. The first-order valence-electron chi connectivity index (χ1n) is 8.37. The van der Waals surface area contributed by atoms with E-state index in [1.54, 1.807) is 19.1 Å². The third kappa shape index (κ3) is 2.33. The molecule has 2 aliphatic rings. The standard InChI is InChI=1S/C18H16N4O4/c1-8-16-10(4-12(9-2-3-9)21-18(16)26-22-8)17(23)20-13-6-15-14(5-11(13)19)24-7-25-15/h4-6,9H,2-3,7,19H2,1H3,(H,20,23). The van der Waals surface area contributed by atoms with Crippen molar-refractivity contribution in [1.82, 2.24) is 10.1 Å². The van der Waals surface area contributed by atoms with Gasteiger partial charge in [-0.05, 0) is 25.8 Å². The third-order valence-corrected chi connectivity index (χ3v) is 4.67. The summed E-state index contributed by atoms with van der Waals surface area (Å²) < 4.78 is 15.9. The maximum Gasteiger partial charge on any atom is 0.259 e. The molecule has 3 aromatic rings. The second kappa shape index (κ2) is 5.35. The van der Waals surface area contributed by atoms with Crippen LogP contribution >= 0.6 is 0 Å². The lowest BCUT2D eigenvalue weighted by molar-refractivity contribution is 0.102. The van der Waals surface area contributed by atoms with Gasteiger partial charge in [0.2, 0.25) is 6.79 Å². The Morgan fingerprint density at radius 3 is 2.77 bits per heavy atom. The molecule has 1 aliphatic heterocycles. The van der Waals surface area contributed by atoms with Gasteiger partial charge in [0, 0.05) is 23.7 Å². The molecule has 3 heterocycles. The topological polar surface area (TPSA) is 112 Å². The van der Waals surface area contributed by atoms with Gasteiger partial charge in [-0.2, -0.15) is 0 Å². The highest BCUT2D eigenvalue weighted by Crippen LogP contribution is 2.41. The predicted molar refractivity (Wildman–Crippen MR) is 93.4 cm³/mol. The lowest BCUT2D eigenvalue weighted by Gasteiger charge is -2.11. The molecule has 132 valence electrons. The molecule has 1 saturated carbocycles. The second-order valence-electron chi connectivity index (χ2n) is 6.56. The molecule has 1 amide bonds. The molecule has 0 radical (unpaired) electrons. The number of carbonyl (C=O) groups excluding carboxylic acids is 1. The van der Waals surface area contributed by atoms with Gasteiger partial charge in [-0.3, -0.25) is 4.79 Å². The molecule has 1 aromatic carbocycles. The van der Waals surface area contributed by atoms with E-state index >= 15 is 0 Å². The molecule has 2 aromatic heterocycles. The minimum Gasteiger partial charge on any atom is -0.454 e. The van der Waals surface area contributed by atoms with Gasteiger partial charge < -0.3 is 25.0 Å². The number of nitrogens with two attached hydrogens (primary N) is 1. The number of fused-ring (bicyclic) bond motifs is 2. The van der Waals surface area contributed by atoms with E-state index in [1.165, 1.54) is 0 Å². The highest BCUT2D eigenvalue weighted by molar-refractivity contribution is 6.13. The maximum atomic E-state index is 13.0. The van der Waals surface area contributed by atoms with E-state index < -0.39 is 0 Å². The van der Waals surface area contributed by atoms with Crippen LogP contribution in [0.2, 0.25) is 0 Å². The number of amides is 1. The average Bonchev–Trinajstić information content (AvgIpc) is 3.28. The number of ether oxygens (including phenoxy) is 2. The number of nitrogens with one attached hydrogen (secondary N) is 1. The Labute approximate surface area is 148 Å². The van der Waals surface area contributed by atoms with Gasteiger partial charge in [0.05, 0.1) is 28.0 Å². The molecule has 5 rings (SSSR count). The first kappa shape index (κ1) is 15.0. The van der Waals surface area contributed by atoms with E-state index in [9.17, 15) is 4.79 Å². The summed E-state index contributed by atoms with van der Waals surface area (Å²) in [5.74, 6) is 1.20. The van der Waals surface area contributed by atoms with Crippen molar-refractivity contribution in [2.75, 3.05) is 17.8 Å². The minimum atomic E-state index is -0.295. The fraction of sp³-hybridized carbons (Fsp3) is 0.278. The summed E-state index contributed by atoms with van der Waals surface area (Å²) in [6.07, 6.45) is 2.14. The van der Waals surface area contributed by atoms with E-state index in [1.807, 2.05) is 6.07 Å². The molecule has 8 nitrogen and oxygen atoms in total. The molecule has 0 bridgehead atoms. The van der Waals surface area contributed by atoms with Gasteiger partial charge in [-0.25, -0.2) is 4.98 Å². The molecular weight excluding hydrogens is 336 g/mol. The molecule has 0 spiro atoms. The number of carbonyl (C=O) groups is 1. The van der Waals surface area contributed by atoms with Crippen LogP contribution in [-0.4, -0.2) is 22.8 Å². The smallest absolute Gasteiger partial charge is 0.259 e.